The smallest absolute Gasteiger partial charge is 0.248 e. The highest BCUT2D eigenvalue weighted by molar-refractivity contribution is 5.93. The van der Waals surface area contributed by atoms with E-state index in [1.165, 1.54) is 6.20 Å². The molecule has 2 aromatic carbocycles. The lowest BCUT2D eigenvalue weighted by molar-refractivity contribution is 0.1000. The molecule has 3 N–H and O–H groups in total. The van der Waals surface area contributed by atoms with E-state index in [0.717, 1.165) is 5.56 Å². The lowest BCUT2D eigenvalue weighted by atomic mass is 10.2. The molecule has 0 saturated carbocycles. The molecule has 0 aliphatic carbocycles. The van der Waals surface area contributed by atoms with Gasteiger partial charge >= 0.3 is 0 Å². The number of hydrogen-bond donors (Lipinski definition) is 2. The average Bonchev–Trinajstić information content (AvgIpc) is 2.67. The topological polar surface area (TPSA) is 101 Å². The van der Waals surface area contributed by atoms with E-state index in [2.05, 4.69) is 16.4 Å². The molecule has 1 aromatic heterocycles. The first-order valence-electron chi connectivity index (χ1n) is 7.89. The maximum atomic E-state index is 11.3. The van der Waals surface area contributed by atoms with Crippen LogP contribution in [0.2, 0.25) is 0 Å². The predicted molar refractivity (Wildman–Crippen MR) is 98.0 cm³/mol. The van der Waals surface area contributed by atoms with Crippen LogP contribution in [-0.2, 0) is 6.61 Å². The van der Waals surface area contributed by atoms with Crippen molar-refractivity contribution in [2.45, 2.75) is 6.61 Å². The molecule has 1 amide bonds. The van der Waals surface area contributed by atoms with Crippen molar-refractivity contribution < 1.29 is 9.53 Å². The fourth-order valence-electron chi connectivity index (χ4n) is 2.35. The molecule has 0 unspecified atom stereocenters. The Morgan fingerprint density at radius 1 is 1.15 bits per heavy atom. The van der Waals surface area contributed by atoms with Crippen LogP contribution in [0.15, 0.2) is 66.9 Å². The van der Waals surface area contributed by atoms with Gasteiger partial charge in [-0.25, -0.2) is 4.98 Å². The molecule has 128 valence electrons. The summed E-state index contributed by atoms with van der Waals surface area (Å²) in [5.41, 5.74) is 7.76. The molecule has 0 aliphatic rings. The number of rotatable bonds is 6. The van der Waals surface area contributed by atoms with Gasteiger partial charge in [-0.1, -0.05) is 30.3 Å². The number of hydrogen-bond acceptors (Lipinski definition) is 5. The summed E-state index contributed by atoms with van der Waals surface area (Å²) in [6.45, 7) is 0.356. The van der Waals surface area contributed by atoms with Crippen molar-refractivity contribution in [3.05, 3.63) is 83.6 Å². The number of nitrogens with zero attached hydrogens (tertiary/aromatic N) is 2. The molecule has 0 atom stereocenters. The van der Waals surface area contributed by atoms with E-state index in [1.54, 1.807) is 30.3 Å². The Balaban J connectivity index is 1.80. The molecule has 1 heterocycles. The van der Waals surface area contributed by atoms with E-state index in [9.17, 15) is 10.1 Å². The van der Waals surface area contributed by atoms with Crippen molar-refractivity contribution in [1.82, 2.24) is 4.98 Å². The first-order chi connectivity index (χ1) is 12.7. The molecule has 6 nitrogen and oxygen atoms in total. The van der Waals surface area contributed by atoms with E-state index in [4.69, 9.17) is 10.5 Å². The third-order valence-electron chi connectivity index (χ3n) is 3.66. The van der Waals surface area contributed by atoms with E-state index in [1.807, 2.05) is 30.3 Å². The lowest BCUT2D eigenvalue weighted by Crippen LogP contribution is -2.11. The number of primary amides is 1. The maximum Gasteiger partial charge on any atom is 0.248 e. The van der Waals surface area contributed by atoms with Gasteiger partial charge in [0, 0.05) is 23.5 Å². The Morgan fingerprint density at radius 2 is 1.96 bits per heavy atom. The molecule has 3 rings (SSSR count). The van der Waals surface area contributed by atoms with Gasteiger partial charge in [0.25, 0.3) is 0 Å². The summed E-state index contributed by atoms with van der Waals surface area (Å²) in [7, 11) is 0. The second kappa shape index (κ2) is 7.81. The molecule has 0 bridgehead atoms. The van der Waals surface area contributed by atoms with E-state index >= 15 is 0 Å². The molecule has 0 aliphatic heterocycles. The number of ether oxygens (including phenoxy) is 1. The summed E-state index contributed by atoms with van der Waals surface area (Å²) in [4.78, 5) is 15.4. The zero-order chi connectivity index (χ0) is 18.4. The minimum absolute atomic E-state index is 0.356. The number of carbonyl (C=O) groups excluding carboxylic acids is 1. The Labute approximate surface area is 150 Å². The third-order valence-corrected chi connectivity index (χ3v) is 3.66. The zero-order valence-corrected chi connectivity index (χ0v) is 13.8. The Morgan fingerprint density at radius 3 is 2.69 bits per heavy atom. The quantitative estimate of drug-likeness (QED) is 0.714. The predicted octanol–water partition coefficient (Wildman–Crippen LogP) is 3.37. The van der Waals surface area contributed by atoms with Crippen LogP contribution in [0.3, 0.4) is 0 Å². The van der Waals surface area contributed by atoms with Crippen molar-refractivity contribution in [2.75, 3.05) is 5.32 Å². The normalized spacial score (nSPS) is 9.96. The molecule has 0 saturated heterocycles. The highest BCUT2D eigenvalue weighted by atomic mass is 16.5. The highest BCUT2D eigenvalue weighted by Crippen LogP contribution is 2.26. The number of carbonyl (C=O) groups is 1. The van der Waals surface area contributed by atoms with Gasteiger partial charge in [0.1, 0.15) is 24.2 Å². The standard InChI is InChI=1S/C20H16N4O2/c21-12-16-6-7-17(24-19-10-15(20(22)25)8-9-23-19)11-18(16)26-13-14-4-2-1-3-5-14/h1-11H,13H2,(H2,22,25)(H,23,24). The van der Waals surface area contributed by atoms with Gasteiger partial charge in [0.15, 0.2) is 0 Å². The number of benzene rings is 2. The first kappa shape index (κ1) is 17.0. The van der Waals surface area contributed by atoms with Crippen LogP contribution in [0, 0.1) is 11.3 Å². The van der Waals surface area contributed by atoms with Crippen molar-refractivity contribution in [2.24, 2.45) is 5.73 Å². The summed E-state index contributed by atoms with van der Waals surface area (Å²) in [5, 5.41) is 12.4. The third kappa shape index (κ3) is 4.16. The van der Waals surface area contributed by atoms with Crippen molar-refractivity contribution in [3.63, 3.8) is 0 Å². The molecule has 3 aromatic rings. The van der Waals surface area contributed by atoms with Crippen molar-refractivity contribution >= 4 is 17.4 Å². The van der Waals surface area contributed by atoms with Gasteiger partial charge in [0.2, 0.25) is 5.91 Å². The Hall–Kier alpha value is -3.85. The number of nitriles is 1. The molecule has 26 heavy (non-hydrogen) atoms. The SMILES string of the molecule is N#Cc1ccc(Nc2cc(C(N)=O)ccn2)cc1OCc1ccccc1. The molecular weight excluding hydrogens is 328 g/mol. The van der Waals surface area contributed by atoms with E-state index in [0.29, 0.717) is 35.0 Å². The monoisotopic (exact) mass is 344 g/mol. The van der Waals surface area contributed by atoms with Crippen LogP contribution in [0.5, 0.6) is 5.75 Å². The molecule has 6 heteroatoms. The minimum atomic E-state index is -0.526. The van der Waals surface area contributed by atoms with Crippen LogP contribution in [0.4, 0.5) is 11.5 Å². The van der Waals surface area contributed by atoms with Crippen LogP contribution in [0.1, 0.15) is 21.5 Å². The number of anilines is 2. The van der Waals surface area contributed by atoms with Gasteiger partial charge < -0.3 is 15.8 Å². The van der Waals surface area contributed by atoms with Gasteiger partial charge in [-0.2, -0.15) is 5.26 Å². The molecule has 0 fully saturated rings. The fraction of sp³-hybridized carbons (Fsp3) is 0.0500. The van der Waals surface area contributed by atoms with Crippen LogP contribution in [-0.4, -0.2) is 10.9 Å². The van der Waals surface area contributed by atoms with Crippen molar-refractivity contribution in [1.29, 1.82) is 5.26 Å². The number of amides is 1. The lowest BCUT2D eigenvalue weighted by Gasteiger charge is -2.11. The summed E-state index contributed by atoms with van der Waals surface area (Å²) in [6.07, 6.45) is 1.50. The molecular formula is C20H16N4O2. The number of nitrogens with two attached hydrogens (primary N) is 1. The Kier molecular flexibility index (Phi) is 5.11. The fourth-order valence-corrected chi connectivity index (χ4v) is 2.35. The van der Waals surface area contributed by atoms with Gasteiger partial charge in [-0.05, 0) is 29.8 Å². The Bertz CT molecular complexity index is 965. The summed E-state index contributed by atoms with van der Waals surface area (Å²) in [5.74, 6) is 0.412. The van der Waals surface area contributed by atoms with Crippen LogP contribution < -0.4 is 15.8 Å². The highest BCUT2D eigenvalue weighted by Gasteiger charge is 2.08. The first-order valence-corrected chi connectivity index (χ1v) is 7.89. The van der Waals surface area contributed by atoms with Crippen LogP contribution >= 0.6 is 0 Å². The van der Waals surface area contributed by atoms with Gasteiger partial charge in [0.05, 0.1) is 5.56 Å². The molecule has 0 radical (unpaired) electrons. The van der Waals surface area contributed by atoms with E-state index < -0.39 is 5.91 Å². The number of nitrogens with one attached hydrogen (secondary N) is 1. The van der Waals surface area contributed by atoms with Crippen molar-refractivity contribution in [3.8, 4) is 11.8 Å². The zero-order valence-electron chi connectivity index (χ0n) is 13.8. The molecule has 0 spiro atoms. The summed E-state index contributed by atoms with van der Waals surface area (Å²) in [6, 6.07) is 20.0. The van der Waals surface area contributed by atoms with Crippen LogP contribution in [0.25, 0.3) is 0 Å². The second-order valence-electron chi connectivity index (χ2n) is 5.52. The summed E-state index contributed by atoms with van der Waals surface area (Å²) >= 11 is 0. The number of pyridine rings is 1. The van der Waals surface area contributed by atoms with Gasteiger partial charge in [-0.15, -0.1) is 0 Å². The number of aromatic nitrogens is 1. The largest absolute Gasteiger partial charge is 0.487 e. The van der Waals surface area contributed by atoms with E-state index in [-0.39, 0.29) is 0 Å². The summed E-state index contributed by atoms with van der Waals surface area (Å²) < 4.78 is 5.80. The average molecular weight is 344 g/mol. The second-order valence-corrected chi connectivity index (χ2v) is 5.52. The maximum absolute atomic E-state index is 11.3. The van der Waals surface area contributed by atoms with Gasteiger partial charge in [-0.3, -0.25) is 4.79 Å². The minimum Gasteiger partial charge on any atom is -0.487 e.